The van der Waals surface area contributed by atoms with Gasteiger partial charge in [0, 0.05) is 0 Å². The molecule has 0 saturated heterocycles. The molecule has 1 unspecified atom stereocenters. The Morgan fingerprint density at radius 1 is 0.606 bits per heavy atom. The average molecular weight is 459 g/mol. The van der Waals surface area contributed by atoms with Gasteiger partial charge in [-0.3, -0.25) is 4.79 Å². The van der Waals surface area contributed by atoms with Gasteiger partial charge in [-0.15, -0.1) is 0 Å². The minimum Gasteiger partial charge on any atom is -0.461 e. The van der Waals surface area contributed by atoms with Gasteiger partial charge in [0.25, 0.3) is 0 Å². The Kier molecular flexibility index (Phi) is 20.2. The summed E-state index contributed by atoms with van der Waals surface area (Å²) in [6, 6.07) is 10.1. The third kappa shape index (κ3) is 17.8. The summed E-state index contributed by atoms with van der Waals surface area (Å²) in [6.07, 6.45) is 25.9. The van der Waals surface area contributed by atoms with Crippen LogP contribution < -0.4 is 0 Å². The van der Waals surface area contributed by atoms with Crippen molar-refractivity contribution in [2.45, 2.75) is 149 Å². The van der Waals surface area contributed by atoms with E-state index in [0.717, 1.165) is 31.2 Å². The van der Waals surface area contributed by atoms with Gasteiger partial charge in [0.05, 0.1) is 5.92 Å². The largest absolute Gasteiger partial charge is 0.461 e. The van der Waals surface area contributed by atoms with E-state index in [4.69, 9.17) is 4.74 Å². The topological polar surface area (TPSA) is 26.3 Å². The normalized spacial score (nSPS) is 12.1. The maximum atomic E-state index is 12.8. The van der Waals surface area contributed by atoms with Crippen molar-refractivity contribution in [2.75, 3.05) is 0 Å². The zero-order valence-corrected chi connectivity index (χ0v) is 22.1. The molecule has 1 atom stereocenters. The third-order valence-corrected chi connectivity index (χ3v) is 6.87. The molecule has 0 fully saturated rings. The van der Waals surface area contributed by atoms with Crippen LogP contribution in [0.2, 0.25) is 0 Å². The zero-order chi connectivity index (χ0) is 23.8. The standard InChI is InChI=1S/C31H54O2/c1-3-5-7-9-11-13-14-16-18-23-27-30(26-22-17-15-12-10-8-6-4-2)31(32)33-28-29-24-20-19-21-25-29/h19-21,24-25,30H,3-18,22-23,26-28H2,1-2H3. The zero-order valence-electron chi connectivity index (χ0n) is 22.1. The fraction of sp³-hybridized carbons (Fsp3) is 0.774. The van der Waals surface area contributed by atoms with Crippen molar-refractivity contribution in [1.29, 1.82) is 0 Å². The van der Waals surface area contributed by atoms with Gasteiger partial charge in [0.1, 0.15) is 6.61 Å². The van der Waals surface area contributed by atoms with Gasteiger partial charge in [-0.1, -0.05) is 160 Å². The lowest BCUT2D eigenvalue weighted by Crippen LogP contribution is -2.18. The molecule has 0 radical (unpaired) electrons. The molecule has 0 spiro atoms. The molecule has 1 aromatic carbocycles. The van der Waals surface area contributed by atoms with Crippen molar-refractivity contribution < 1.29 is 9.53 Å². The highest BCUT2D eigenvalue weighted by atomic mass is 16.5. The molecule has 33 heavy (non-hydrogen) atoms. The monoisotopic (exact) mass is 458 g/mol. The van der Waals surface area contributed by atoms with E-state index in [9.17, 15) is 4.79 Å². The molecular weight excluding hydrogens is 404 g/mol. The molecule has 0 aliphatic heterocycles. The summed E-state index contributed by atoms with van der Waals surface area (Å²) >= 11 is 0. The summed E-state index contributed by atoms with van der Waals surface area (Å²) in [5, 5.41) is 0. The lowest BCUT2D eigenvalue weighted by Gasteiger charge is -2.16. The molecule has 0 saturated carbocycles. The van der Waals surface area contributed by atoms with E-state index >= 15 is 0 Å². The van der Waals surface area contributed by atoms with Crippen LogP contribution in [0.5, 0.6) is 0 Å². The number of esters is 1. The molecule has 2 heteroatoms. The van der Waals surface area contributed by atoms with Gasteiger partial charge in [-0.25, -0.2) is 0 Å². The van der Waals surface area contributed by atoms with Crippen molar-refractivity contribution in [3.63, 3.8) is 0 Å². The number of unbranched alkanes of at least 4 members (excludes halogenated alkanes) is 16. The van der Waals surface area contributed by atoms with E-state index in [1.165, 1.54) is 103 Å². The van der Waals surface area contributed by atoms with Gasteiger partial charge in [-0.2, -0.15) is 0 Å². The highest BCUT2D eigenvalue weighted by Gasteiger charge is 2.19. The van der Waals surface area contributed by atoms with E-state index in [1.807, 2.05) is 30.3 Å². The number of carbonyl (C=O) groups excluding carboxylic acids is 1. The third-order valence-electron chi connectivity index (χ3n) is 6.87. The first-order valence-electron chi connectivity index (χ1n) is 14.5. The molecule has 0 heterocycles. The highest BCUT2D eigenvalue weighted by Crippen LogP contribution is 2.22. The SMILES string of the molecule is CCCCCCCCCCCCC(CCCCCCCCCC)C(=O)OCc1ccccc1. The Morgan fingerprint density at radius 2 is 1.00 bits per heavy atom. The molecule has 1 rings (SSSR count). The van der Waals surface area contributed by atoms with Crippen LogP contribution in [0.1, 0.15) is 148 Å². The van der Waals surface area contributed by atoms with Gasteiger partial charge >= 0.3 is 5.97 Å². The predicted octanol–water partition coefficient (Wildman–Crippen LogP) is 10.2. The molecule has 1 aromatic rings. The smallest absolute Gasteiger partial charge is 0.309 e. The lowest BCUT2D eigenvalue weighted by atomic mass is 9.94. The summed E-state index contributed by atoms with van der Waals surface area (Å²) in [5.41, 5.74) is 1.08. The maximum Gasteiger partial charge on any atom is 0.309 e. The summed E-state index contributed by atoms with van der Waals surface area (Å²) in [5.74, 6) is 0.112. The summed E-state index contributed by atoms with van der Waals surface area (Å²) in [4.78, 5) is 12.8. The minimum atomic E-state index is 0.0257. The van der Waals surface area contributed by atoms with E-state index < -0.39 is 0 Å². The summed E-state index contributed by atoms with van der Waals surface area (Å²) in [6.45, 7) is 4.96. The highest BCUT2D eigenvalue weighted by molar-refractivity contribution is 5.72. The van der Waals surface area contributed by atoms with Crippen LogP contribution >= 0.6 is 0 Å². The predicted molar refractivity (Wildman–Crippen MR) is 143 cm³/mol. The second-order valence-electron chi connectivity index (χ2n) is 10.0. The van der Waals surface area contributed by atoms with Gasteiger partial charge in [-0.05, 0) is 18.4 Å². The van der Waals surface area contributed by atoms with Crippen molar-refractivity contribution >= 4 is 5.97 Å². The first-order chi connectivity index (χ1) is 16.3. The van der Waals surface area contributed by atoms with E-state index in [0.29, 0.717) is 6.61 Å². The molecular formula is C31H54O2. The Balaban J connectivity index is 2.25. The number of hydrogen-bond donors (Lipinski definition) is 0. The first-order valence-corrected chi connectivity index (χ1v) is 14.5. The van der Waals surface area contributed by atoms with Gasteiger partial charge in [0.15, 0.2) is 0 Å². The molecule has 0 aliphatic carbocycles. The summed E-state index contributed by atoms with van der Waals surface area (Å²) < 4.78 is 5.72. The van der Waals surface area contributed by atoms with Gasteiger partial charge in [0.2, 0.25) is 0 Å². The average Bonchev–Trinajstić information content (AvgIpc) is 2.84. The molecule has 0 bridgehead atoms. The molecule has 0 aliphatic rings. The van der Waals surface area contributed by atoms with Crippen LogP contribution in [-0.2, 0) is 16.1 Å². The van der Waals surface area contributed by atoms with Crippen molar-refractivity contribution in [3.8, 4) is 0 Å². The minimum absolute atomic E-state index is 0.0257. The van der Waals surface area contributed by atoms with Crippen molar-refractivity contribution in [1.82, 2.24) is 0 Å². The molecule has 0 N–H and O–H groups in total. The number of benzene rings is 1. The molecule has 0 aromatic heterocycles. The molecule has 190 valence electrons. The van der Waals surface area contributed by atoms with Gasteiger partial charge < -0.3 is 4.74 Å². The van der Waals surface area contributed by atoms with E-state index in [1.54, 1.807) is 0 Å². The molecule has 2 nitrogen and oxygen atoms in total. The second-order valence-corrected chi connectivity index (χ2v) is 10.0. The van der Waals surface area contributed by atoms with Crippen LogP contribution in [0.15, 0.2) is 30.3 Å². The Morgan fingerprint density at radius 3 is 1.42 bits per heavy atom. The van der Waals surface area contributed by atoms with Crippen LogP contribution in [0.25, 0.3) is 0 Å². The fourth-order valence-electron chi connectivity index (χ4n) is 4.63. The van der Waals surface area contributed by atoms with Crippen LogP contribution in [0.4, 0.5) is 0 Å². The van der Waals surface area contributed by atoms with E-state index in [2.05, 4.69) is 13.8 Å². The van der Waals surface area contributed by atoms with Crippen LogP contribution in [0.3, 0.4) is 0 Å². The second kappa shape index (κ2) is 22.5. The van der Waals surface area contributed by atoms with Crippen LogP contribution in [0, 0.1) is 5.92 Å². The quantitative estimate of drug-likeness (QED) is 0.120. The van der Waals surface area contributed by atoms with Crippen molar-refractivity contribution in [3.05, 3.63) is 35.9 Å². The van der Waals surface area contributed by atoms with Crippen LogP contribution in [-0.4, -0.2) is 5.97 Å². The van der Waals surface area contributed by atoms with E-state index in [-0.39, 0.29) is 11.9 Å². The fourth-order valence-corrected chi connectivity index (χ4v) is 4.63. The number of ether oxygens (including phenoxy) is 1. The molecule has 0 amide bonds. The van der Waals surface area contributed by atoms with Crippen molar-refractivity contribution in [2.24, 2.45) is 5.92 Å². The Hall–Kier alpha value is -1.31. The Labute approximate surface area is 206 Å². The maximum absolute atomic E-state index is 12.8. The lowest BCUT2D eigenvalue weighted by molar-refractivity contribution is -0.150. The first kappa shape index (κ1) is 29.7. The number of hydrogen-bond acceptors (Lipinski definition) is 2. The number of carbonyl (C=O) groups is 1. The number of rotatable bonds is 23. The Bertz CT molecular complexity index is 539. The summed E-state index contributed by atoms with van der Waals surface area (Å²) in [7, 11) is 0.